The third-order valence-electron chi connectivity index (χ3n) is 2.90. The number of alkyl halides is 1. The van der Waals surface area contributed by atoms with E-state index >= 15 is 0 Å². The molecule has 120 valence electrons. The number of anilines is 1. The van der Waals surface area contributed by atoms with Crippen LogP contribution in [0.1, 0.15) is 5.76 Å². The molecule has 0 aliphatic heterocycles. The Labute approximate surface area is 134 Å². The monoisotopic (exact) mass is 344 g/mol. The maximum Gasteiger partial charge on any atom is 0.240 e. The molecule has 0 radical (unpaired) electrons. The van der Waals surface area contributed by atoms with Gasteiger partial charge >= 0.3 is 0 Å². The average Bonchev–Trinajstić information content (AvgIpc) is 3.04. The van der Waals surface area contributed by atoms with Gasteiger partial charge in [0.2, 0.25) is 10.0 Å². The Morgan fingerprint density at radius 1 is 1.23 bits per heavy atom. The van der Waals surface area contributed by atoms with Crippen LogP contribution in [0.4, 0.5) is 5.69 Å². The van der Waals surface area contributed by atoms with Crippen molar-refractivity contribution in [2.45, 2.75) is 17.5 Å². The number of nitrogens with one attached hydrogen (secondary N) is 2. The number of rotatable bonds is 8. The maximum absolute atomic E-state index is 12.1. The number of aliphatic hydroxyl groups excluding tert-OH is 1. The Morgan fingerprint density at radius 3 is 2.55 bits per heavy atom. The number of furan rings is 1. The standard InChI is InChI=1S/C14H17ClN2O4S/c15-8-12(18)9-16-11-3-5-14(6-4-11)22(19,20)17-10-13-2-1-7-21-13/h1-7,12,16-18H,8-10H2. The second-order valence-corrected chi connectivity index (χ2v) is 6.69. The van der Waals surface area contributed by atoms with E-state index in [4.69, 9.17) is 16.0 Å². The van der Waals surface area contributed by atoms with Crippen molar-refractivity contribution in [3.05, 3.63) is 48.4 Å². The lowest BCUT2D eigenvalue weighted by atomic mass is 10.3. The summed E-state index contributed by atoms with van der Waals surface area (Å²) in [6, 6.07) is 9.61. The Bertz CT molecular complexity index is 671. The van der Waals surface area contributed by atoms with Crippen LogP contribution >= 0.6 is 11.6 Å². The number of halogens is 1. The van der Waals surface area contributed by atoms with Crippen LogP contribution in [0.5, 0.6) is 0 Å². The van der Waals surface area contributed by atoms with Gasteiger partial charge in [-0.05, 0) is 36.4 Å². The van der Waals surface area contributed by atoms with E-state index in [0.29, 0.717) is 18.0 Å². The van der Waals surface area contributed by atoms with Crippen molar-refractivity contribution in [2.75, 3.05) is 17.7 Å². The summed E-state index contributed by atoms with van der Waals surface area (Å²) in [5.41, 5.74) is 0.703. The zero-order chi connectivity index (χ0) is 16.0. The van der Waals surface area contributed by atoms with Crippen LogP contribution in [0.3, 0.4) is 0 Å². The Kier molecular flexibility index (Phi) is 5.84. The average molecular weight is 345 g/mol. The highest BCUT2D eigenvalue weighted by Crippen LogP contribution is 2.14. The lowest BCUT2D eigenvalue weighted by Crippen LogP contribution is -2.23. The maximum atomic E-state index is 12.1. The molecule has 1 aromatic carbocycles. The van der Waals surface area contributed by atoms with Crippen molar-refractivity contribution in [1.82, 2.24) is 4.72 Å². The lowest BCUT2D eigenvalue weighted by Gasteiger charge is -2.11. The highest BCUT2D eigenvalue weighted by atomic mass is 35.5. The first-order valence-electron chi connectivity index (χ1n) is 6.61. The summed E-state index contributed by atoms with van der Waals surface area (Å²) in [5.74, 6) is 0.674. The second kappa shape index (κ2) is 7.64. The Morgan fingerprint density at radius 2 is 1.95 bits per heavy atom. The van der Waals surface area contributed by atoms with Crippen LogP contribution in [0, 0.1) is 0 Å². The predicted molar refractivity (Wildman–Crippen MR) is 84.4 cm³/mol. The third-order valence-corrected chi connectivity index (χ3v) is 4.67. The highest BCUT2D eigenvalue weighted by Gasteiger charge is 2.14. The quantitative estimate of drug-likeness (QED) is 0.635. The van der Waals surface area contributed by atoms with Gasteiger partial charge in [-0.2, -0.15) is 0 Å². The van der Waals surface area contributed by atoms with Crippen molar-refractivity contribution >= 4 is 27.3 Å². The van der Waals surface area contributed by atoms with Crippen LogP contribution in [-0.4, -0.2) is 32.1 Å². The van der Waals surface area contributed by atoms with E-state index in [2.05, 4.69) is 10.0 Å². The highest BCUT2D eigenvalue weighted by molar-refractivity contribution is 7.89. The molecule has 3 N–H and O–H groups in total. The molecule has 0 saturated carbocycles. The summed E-state index contributed by atoms with van der Waals surface area (Å²) >= 11 is 5.50. The van der Waals surface area contributed by atoms with Gasteiger partial charge in [0.25, 0.3) is 0 Å². The van der Waals surface area contributed by atoms with Gasteiger partial charge in [0, 0.05) is 12.2 Å². The molecule has 1 atom stereocenters. The van der Waals surface area contributed by atoms with Crippen LogP contribution in [0.2, 0.25) is 0 Å². The summed E-state index contributed by atoms with van der Waals surface area (Å²) in [6.45, 7) is 0.392. The van der Waals surface area contributed by atoms with Crippen molar-refractivity contribution in [1.29, 1.82) is 0 Å². The molecule has 6 nitrogen and oxygen atoms in total. The summed E-state index contributed by atoms with van der Waals surface area (Å²) < 4.78 is 31.8. The molecule has 1 heterocycles. The van der Waals surface area contributed by atoms with E-state index in [1.807, 2.05) is 0 Å². The topological polar surface area (TPSA) is 91.6 Å². The molecule has 0 amide bonds. The minimum atomic E-state index is -3.60. The van der Waals surface area contributed by atoms with Crippen LogP contribution < -0.4 is 10.0 Å². The van der Waals surface area contributed by atoms with Gasteiger partial charge in [-0.25, -0.2) is 13.1 Å². The van der Waals surface area contributed by atoms with E-state index in [0.717, 1.165) is 0 Å². The molecule has 0 fully saturated rings. The summed E-state index contributed by atoms with van der Waals surface area (Å²) in [4.78, 5) is 0.155. The van der Waals surface area contributed by atoms with Crippen LogP contribution in [0.25, 0.3) is 0 Å². The molecule has 0 saturated heterocycles. The molecular formula is C14H17ClN2O4S. The Balaban J connectivity index is 1.96. The third kappa shape index (κ3) is 4.74. The molecule has 2 aromatic rings. The fourth-order valence-corrected chi connectivity index (χ4v) is 2.81. The van der Waals surface area contributed by atoms with Crippen LogP contribution in [0.15, 0.2) is 52.0 Å². The molecule has 22 heavy (non-hydrogen) atoms. The van der Waals surface area contributed by atoms with Gasteiger partial charge < -0.3 is 14.8 Å². The molecular weight excluding hydrogens is 328 g/mol. The van der Waals surface area contributed by atoms with Crippen molar-refractivity contribution in [3.8, 4) is 0 Å². The van der Waals surface area contributed by atoms with E-state index < -0.39 is 16.1 Å². The smallest absolute Gasteiger partial charge is 0.240 e. The molecule has 8 heteroatoms. The van der Waals surface area contributed by atoms with E-state index in [1.54, 1.807) is 24.3 Å². The molecule has 0 spiro atoms. The predicted octanol–water partition coefficient (Wildman–Crippen LogP) is 1.77. The van der Waals surface area contributed by atoms with Crippen molar-refractivity contribution < 1.29 is 17.9 Å². The van der Waals surface area contributed by atoms with E-state index in [1.165, 1.54) is 18.4 Å². The van der Waals surface area contributed by atoms with Crippen molar-refractivity contribution in [2.24, 2.45) is 0 Å². The molecule has 1 unspecified atom stereocenters. The SMILES string of the molecule is O=S(=O)(NCc1ccco1)c1ccc(NCC(O)CCl)cc1. The summed E-state index contributed by atoms with van der Waals surface area (Å²) in [6.07, 6.45) is 0.833. The Hall–Kier alpha value is -1.54. The van der Waals surface area contributed by atoms with Gasteiger partial charge in [-0.1, -0.05) is 0 Å². The number of hydrogen-bond acceptors (Lipinski definition) is 5. The molecule has 0 bridgehead atoms. The first-order chi connectivity index (χ1) is 10.5. The first kappa shape index (κ1) is 16.8. The van der Waals surface area contributed by atoms with Crippen molar-refractivity contribution in [3.63, 3.8) is 0 Å². The fraction of sp³-hybridized carbons (Fsp3) is 0.286. The normalized spacial score (nSPS) is 13.0. The second-order valence-electron chi connectivity index (χ2n) is 4.62. The van der Waals surface area contributed by atoms with E-state index in [9.17, 15) is 13.5 Å². The molecule has 0 aliphatic carbocycles. The zero-order valence-electron chi connectivity index (χ0n) is 11.7. The first-order valence-corrected chi connectivity index (χ1v) is 8.63. The van der Waals surface area contributed by atoms with E-state index in [-0.39, 0.29) is 17.3 Å². The van der Waals surface area contributed by atoms with Gasteiger partial charge in [-0.3, -0.25) is 0 Å². The van der Waals surface area contributed by atoms with Crippen LogP contribution in [-0.2, 0) is 16.6 Å². The fourth-order valence-electron chi connectivity index (χ4n) is 1.70. The summed E-state index contributed by atoms with van der Waals surface area (Å²) in [7, 11) is -3.60. The minimum absolute atomic E-state index is 0.0945. The minimum Gasteiger partial charge on any atom is -0.468 e. The molecule has 1 aromatic heterocycles. The number of benzene rings is 1. The van der Waals surface area contributed by atoms with Gasteiger partial charge in [0.15, 0.2) is 0 Å². The number of hydrogen-bond donors (Lipinski definition) is 3. The van der Waals surface area contributed by atoms with Gasteiger partial charge in [0.1, 0.15) is 5.76 Å². The summed E-state index contributed by atoms with van der Waals surface area (Å²) in [5, 5.41) is 12.3. The molecule has 0 aliphatic rings. The van der Waals surface area contributed by atoms with Gasteiger partial charge in [0.05, 0.1) is 29.7 Å². The number of sulfonamides is 1. The largest absolute Gasteiger partial charge is 0.468 e. The van der Waals surface area contributed by atoms with Gasteiger partial charge in [-0.15, -0.1) is 11.6 Å². The number of aliphatic hydroxyl groups is 1. The lowest BCUT2D eigenvalue weighted by molar-refractivity contribution is 0.211. The zero-order valence-corrected chi connectivity index (χ0v) is 13.3. The molecule has 2 rings (SSSR count).